The normalized spacial score (nSPS) is 12.2. The quantitative estimate of drug-likeness (QED) is 0.336. The average molecular weight is 450 g/mol. The summed E-state index contributed by atoms with van der Waals surface area (Å²) in [6, 6.07) is 16.5. The SMILES string of the molecule is CC(C)CN(CC(C)C)c1ccc(C(C)CC(=O)O)cc1Nc1nc(-c2ccccc2)co1. The smallest absolute Gasteiger partial charge is 0.303 e. The Kier molecular flexibility index (Phi) is 8.15. The van der Waals surface area contributed by atoms with Gasteiger partial charge in [0.15, 0.2) is 0 Å². The standard InChI is InChI=1S/C27H35N3O3/c1-18(2)15-30(16-19(3)4)25-12-11-22(20(5)13-26(31)32)14-23(25)28-27-29-24(17-33-27)21-9-7-6-8-10-21/h6-12,14,17-20H,13,15-16H2,1-5H3,(H,28,29)(H,31,32). The molecule has 3 aromatic rings. The Labute approximate surface area is 196 Å². The third-order valence-electron chi connectivity index (χ3n) is 5.40. The van der Waals surface area contributed by atoms with Crippen molar-refractivity contribution in [1.82, 2.24) is 4.98 Å². The molecule has 1 aromatic heterocycles. The number of hydrogen-bond acceptors (Lipinski definition) is 5. The zero-order chi connectivity index (χ0) is 24.0. The molecular formula is C27H35N3O3. The van der Waals surface area contributed by atoms with Crippen molar-refractivity contribution >= 4 is 23.4 Å². The molecule has 0 aliphatic rings. The summed E-state index contributed by atoms with van der Waals surface area (Å²) in [7, 11) is 0. The van der Waals surface area contributed by atoms with Gasteiger partial charge >= 0.3 is 5.97 Å². The van der Waals surface area contributed by atoms with Gasteiger partial charge in [-0.2, -0.15) is 4.98 Å². The van der Waals surface area contributed by atoms with Crippen LogP contribution in [0.1, 0.15) is 52.5 Å². The van der Waals surface area contributed by atoms with Gasteiger partial charge in [-0.3, -0.25) is 4.79 Å². The van der Waals surface area contributed by atoms with Crippen molar-refractivity contribution in [1.29, 1.82) is 0 Å². The maximum absolute atomic E-state index is 11.3. The first-order chi connectivity index (χ1) is 15.7. The van der Waals surface area contributed by atoms with Gasteiger partial charge in [0.1, 0.15) is 12.0 Å². The van der Waals surface area contributed by atoms with E-state index in [2.05, 4.69) is 49.0 Å². The van der Waals surface area contributed by atoms with E-state index in [9.17, 15) is 9.90 Å². The molecule has 1 unspecified atom stereocenters. The predicted molar refractivity (Wildman–Crippen MR) is 134 cm³/mol. The highest BCUT2D eigenvalue weighted by molar-refractivity contribution is 5.75. The fourth-order valence-corrected chi connectivity index (χ4v) is 3.96. The van der Waals surface area contributed by atoms with Crippen molar-refractivity contribution in [3.63, 3.8) is 0 Å². The number of carboxylic acids is 1. The van der Waals surface area contributed by atoms with Crippen molar-refractivity contribution in [3.8, 4) is 11.3 Å². The maximum Gasteiger partial charge on any atom is 0.303 e. The van der Waals surface area contributed by atoms with E-state index in [0.717, 1.165) is 41.3 Å². The fourth-order valence-electron chi connectivity index (χ4n) is 3.96. The molecule has 0 radical (unpaired) electrons. The largest absolute Gasteiger partial charge is 0.481 e. The minimum absolute atomic E-state index is 0.0810. The lowest BCUT2D eigenvalue weighted by atomic mass is 9.96. The number of nitrogens with one attached hydrogen (secondary N) is 1. The molecule has 0 saturated carbocycles. The van der Waals surface area contributed by atoms with Gasteiger partial charge in [0.05, 0.1) is 17.8 Å². The second-order valence-electron chi connectivity index (χ2n) is 9.50. The van der Waals surface area contributed by atoms with Gasteiger partial charge in [0.25, 0.3) is 6.01 Å². The van der Waals surface area contributed by atoms with Gasteiger partial charge in [-0.1, -0.05) is 71.0 Å². The summed E-state index contributed by atoms with van der Waals surface area (Å²) in [5.74, 6) is 0.0787. The van der Waals surface area contributed by atoms with Crippen molar-refractivity contribution in [3.05, 3.63) is 60.4 Å². The Bertz CT molecular complexity index is 1030. The number of benzene rings is 2. The summed E-state index contributed by atoms with van der Waals surface area (Å²) in [5, 5.41) is 12.6. The van der Waals surface area contributed by atoms with Gasteiger partial charge in [0, 0.05) is 18.7 Å². The van der Waals surface area contributed by atoms with E-state index in [1.807, 2.05) is 49.4 Å². The van der Waals surface area contributed by atoms with Gasteiger partial charge < -0.3 is 19.7 Å². The zero-order valence-corrected chi connectivity index (χ0v) is 20.2. The number of oxazole rings is 1. The highest BCUT2D eigenvalue weighted by Gasteiger charge is 2.19. The second kappa shape index (κ2) is 11.0. The molecule has 0 fully saturated rings. The minimum atomic E-state index is -0.803. The van der Waals surface area contributed by atoms with Crippen molar-refractivity contribution in [2.45, 2.75) is 47.0 Å². The molecule has 0 aliphatic carbocycles. The summed E-state index contributed by atoms with van der Waals surface area (Å²) in [6.07, 6.45) is 1.73. The van der Waals surface area contributed by atoms with E-state index < -0.39 is 5.97 Å². The van der Waals surface area contributed by atoms with Crippen LogP contribution in [-0.4, -0.2) is 29.1 Å². The first-order valence-electron chi connectivity index (χ1n) is 11.6. The molecule has 1 atom stereocenters. The predicted octanol–water partition coefficient (Wildman–Crippen LogP) is 6.78. The van der Waals surface area contributed by atoms with E-state index in [4.69, 9.17) is 4.42 Å². The first-order valence-corrected chi connectivity index (χ1v) is 11.6. The van der Waals surface area contributed by atoms with Gasteiger partial charge in [-0.05, 0) is 35.4 Å². The maximum atomic E-state index is 11.3. The molecule has 0 spiro atoms. The molecule has 0 amide bonds. The topological polar surface area (TPSA) is 78.6 Å². The number of nitrogens with zero attached hydrogens (tertiary/aromatic N) is 2. The summed E-state index contributed by atoms with van der Waals surface area (Å²) < 4.78 is 5.75. The van der Waals surface area contributed by atoms with Crippen molar-refractivity contribution < 1.29 is 14.3 Å². The number of aliphatic carboxylic acids is 1. The van der Waals surface area contributed by atoms with Crippen molar-refractivity contribution in [2.75, 3.05) is 23.3 Å². The van der Waals surface area contributed by atoms with Crippen LogP contribution in [0.4, 0.5) is 17.4 Å². The van der Waals surface area contributed by atoms with Crippen LogP contribution >= 0.6 is 0 Å². The molecule has 176 valence electrons. The third kappa shape index (κ3) is 6.85. The monoisotopic (exact) mass is 449 g/mol. The minimum Gasteiger partial charge on any atom is -0.481 e. The summed E-state index contributed by atoms with van der Waals surface area (Å²) >= 11 is 0. The van der Waals surface area contributed by atoms with Crippen LogP contribution < -0.4 is 10.2 Å². The molecule has 0 bridgehead atoms. The Balaban J connectivity index is 1.98. The van der Waals surface area contributed by atoms with Crippen LogP contribution in [0.25, 0.3) is 11.3 Å². The Hall–Kier alpha value is -3.28. The lowest BCUT2D eigenvalue weighted by Gasteiger charge is -2.31. The molecule has 0 saturated heterocycles. The number of carboxylic acid groups (broad SMARTS) is 1. The van der Waals surface area contributed by atoms with E-state index in [1.165, 1.54) is 0 Å². The Morgan fingerprint density at radius 3 is 2.30 bits per heavy atom. The first kappa shape index (κ1) is 24.4. The van der Waals surface area contributed by atoms with Crippen LogP contribution in [0.3, 0.4) is 0 Å². The summed E-state index contributed by atoms with van der Waals surface area (Å²) in [5.41, 5.74) is 4.64. The number of aromatic nitrogens is 1. The van der Waals surface area contributed by atoms with Crippen molar-refractivity contribution in [2.24, 2.45) is 11.8 Å². The Morgan fingerprint density at radius 2 is 1.70 bits per heavy atom. The average Bonchev–Trinajstić information content (AvgIpc) is 3.21. The third-order valence-corrected chi connectivity index (χ3v) is 5.40. The van der Waals surface area contributed by atoms with Crippen LogP contribution in [0.2, 0.25) is 0 Å². The van der Waals surface area contributed by atoms with E-state index in [0.29, 0.717) is 17.9 Å². The Morgan fingerprint density at radius 1 is 1.03 bits per heavy atom. The lowest BCUT2D eigenvalue weighted by molar-refractivity contribution is -0.137. The van der Waals surface area contributed by atoms with E-state index in [-0.39, 0.29) is 12.3 Å². The van der Waals surface area contributed by atoms with Crippen LogP contribution in [0, 0.1) is 11.8 Å². The molecule has 2 N–H and O–H groups in total. The number of anilines is 3. The highest BCUT2D eigenvalue weighted by atomic mass is 16.4. The lowest BCUT2D eigenvalue weighted by Crippen LogP contribution is -2.31. The van der Waals surface area contributed by atoms with Gasteiger partial charge in [-0.25, -0.2) is 0 Å². The number of hydrogen-bond donors (Lipinski definition) is 2. The molecule has 3 rings (SSSR count). The van der Waals surface area contributed by atoms with E-state index in [1.54, 1.807) is 6.26 Å². The molecule has 6 nitrogen and oxygen atoms in total. The van der Waals surface area contributed by atoms with Crippen LogP contribution in [0.15, 0.2) is 59.2 Å². The fraction of sp³-hybridized carbons (Fsp3) is 0.407. The van der Waals surface area contributed by atoms with Crippen LogP contribution in [0.5, 0.6) is 0 Å². The molecule has 1 heterocycles. The molecule has 33 heavy (non-hydrogen) atoms. The van der Waals surface area contributed by atoms with E-state index >= 15 is 0 Å². The zero-order valence-electron chi connectivity index (χ0n) is 20.2. The highest BCUT2D eigenvalue weighted by Crippen LogP contribution is 2.34. The number of rotatable bonds is 11. The summed E-state index contributed by atoms with van der Waals surface area (Å²) in [4.78, 5) is 18.3. The van der Waals surface area contributed by atoms with Gasteiger partial charge in [-0.15, -0.1) is 0 Å². The molecule has 6 heteroatoms. The van der Waals surface area contributed by atoms with Crippen LogP contribution in [-0.2, 0) is 4.79 Å². The molecular weight excluding hydrogens is 414 g/mol. The molecule has 2 aromatic carbocycles. The summed E-state index contributed by atoms with van der Waals surface area (Å²) in [6.45, 7) is 12.6. The van der Waals surface area contributed by atoms with Gasteiger partial charge in [0.2, 0.25) is 0 Å². The number of carbonyl (C=O) groups is 1. The molecule has 0 aliphatic heterocycles. The second-order valence-corrected chi connectivity index (χ2v) is 9.50.